The predicted molar refractivity (Wildman–Crippen MR) is 47.9 cm³/mol. The first kappa shape index (κ1) is 9.12. The van der Waals surface area contributed by atoms with Gasteiger partial charge in [0, 0.05) is 0 Å². The van der Waals surface area contributed by atoms with Crippen molar-refractivity contribution < 1.29 is 9.59 Å². The Balaban J connectivity index is 2.98. The molecule has 1 aromatic heterocycles. The minimum atomic E-state index is -0.582. The van der Waals surface area contributed by atoms with Gasteiger partial charge in [0.2, 0.25) is 0 Å². The molecule has 0 fully saturated rings. The first-order valence-electron chi connectivity index (χ1n) is 3.63. The molecule has 0 bridgehead atoms. The van der Waals surface area contributed by atoms with Crippen LogP contribution < -0.4 is 5.73 Å². The summed E-state index contributed by atoms with van der Waals surface area (Å²) in [6, 6.07) is 4.84. The number of pyridine rings is 1. The van der Waals surface area contributed by atoms with Crippen molar-refractivity contribution in [3.05, 3.63) is 35.7 Å². The number of aldehydes is 1. The first-order chi connectivity index (χ1) is 6.24. The molecule has 13 heavy (non-hydrogen) atoms. The van der Waals surface area contributed by atoms with E-state index in [4.69, 9.17) is 5.73 Å². The average Bonchev–Trinajstić information content (AvgIpc) is 2.15. The molecule has 1 amide bonds. The monoisotopic (exact) mass is 176 g/mol. The zero-order chi connectivity index (χ0) is 9.68. The average molecular weight is 176 g/mol. The molecule has 4 heteroatoms. The third-order valence-electron chi connectivity index (χ3n) is 1.37. The Morgan fingerprint density at radius 3 is 2.85 bits per heavy atom. The number of carbonyl (C=O) groups excluding carboxylic acids is 2. The maximum absolute atomic E-state index is 10.7. The Bertz CT molecular complexity index is 358. The molecule has 66 valence electrons. The van der Waals surface area contributed by atoms with E-state index in [0.717, 1.165) is 0 Å². The van der Waals surface area contributed by atoms with Crippen molar-refractivity contribution in [2.45, 2.75) is 0 Å². The van der Waals surface area contributed by atoms with Gasteiger partial charge in [-0.3, -0.25) is 9.59 Å². The van der Waals surface area contributed by atoms with Gasteiger partial charge in [-0.15, -0.1) is 0 Å². The van der Waals surface area contributed by atoms with Gasteiger partial charge >= 0.3 is 0 Å². The summed E-state index contributed by atoms with van der Waals surface area (Å²) in [5.41, 5.74) is 5.74. The van der Waals surface area contributed by atoms with E-state index >= 15 is 0 Å². The number of hydrogen-bond acceptors (Lipinski definition) is 3. The molecule has 1 aromatic rings. The van der Waals surface area contributed by atoms with Crippen LogP contribution in [0.5, 0.6) is 0 Å². The van der Waals surface area contributed by atoms with Gasteiger partial charge in [0.15, 0.2) is 0 Å². The number of rotatable bonds is 3. The molecule has 0 aliphatic heterocycles. The second-order valence-corrected chi connectivity index (χ2v) is 2.31. The quantitative estimate of drug-likeness (QED) is 0.535. The molecule has 0 spiro atoms. The van der Waals surface area contributed by atoms with Crippen molar-refractivity contribution in [3.63, 3.8) is 0 Å². The van der Waals surface area contributed by atoms with Gasteiger partial charge in [0.1, 0.15) is 12.0 Å². The lowest BCUT2D eigenvalue weighted by Crippen LogP contribution is -2.13. The molecule has 1 rings (SSSR count). The third-order valence-corrected chi connectivity index (χ3v) is 1.37. The molecule has 4 nitrogen and oxygen atoms in total. The Hall–Kier alpha value is -1.97. The number of hydrogen-bond donors (Lipinski definition) is 1. The summed E-state index contributed by atoms with van der Waals surface area (Å²) in [7, 11) is 0. The van der Waals surface area contributed by atoms with E-state index in [1.54, 1.807) is 12.1 Å². The molecule has 1 heterocycles. The van der Waals surface area contributed by atoms with Gasteiger partial charge < -0.3 is 5.73 Å². The zero-order valence-electron chi connectivity index (χ0n) is 6.81. The number of nitrogens with zero attached hydrogens (tertiary/aromatic N) is 1. The zero-order valence-corrected chi connectivity index (χ0v) is 6.81. The van der Waals surface area contributed by atoms with Gasteiger partial charge in [-0.2, -0.15) is 0 Å². The van der Waals surface area contributed by atoms with E-state index in [1.807, 2.05) is 0 Å². The largest absolute Gasteiger partial charge is 0.364 e. The molecule has 0 aromatic carbocycles. The minimum Gasteiger partial charge on any atom is -0.364 e. The molecule has 0 saturated carbocycles. The van der Waals surface area contributed by atoms with Crippen LogP contribution >= 0.6 is 0 Å². The lowest BCUT2D eigenvalue weighted by Gasteiger charge is -1.95. The van der Waals surface area contributed by atoms with Crippen LogP contribution in [0.1, 0.15) is 16.2 Å². The number of aromatic nitrogens is 1. The number of primary amides is 1. The fourth-order valence-electron chi connectivity index (χ4n) is 0.819. The fourth-order valence-corrected chi connectivity index (χ4v) is 0.819. The molecular formula is C9H8N2O2. The van der Waals surface area contributed by atoms with Crippen molar-refractivity contribution in [2.24, 2.45) is 5.73 Å². The van der Waals surface area contributed by atoms with Crippen LogP contribution in [0.15, 0.2) is 24.3 Å². The highest BCUT2D eigenvalue weighted by molar-refractivity contribution is 5.91. The standard InChI is InChI=1S/C9H8N2O2/c10-9(13)8-5-1-3-7(11-8)4-2-6-12/h1-6H,(H2,10,13). The number of nitrogens with two attached hydrogens (primary N) is 1. The van der Waals surface area contributed by atoms with Crippen molar-refractivity contribution in [1.29, 1.82) is 0 Å². The van der Waals surface area contributed by atoms with Gasteiger partial charge in [-0.05, 0) is 24.3 Å². The van der Waals surface area contributed by atoms with E-state index < -0.39 is 5.91 Å². The Labute approximate surface area is 75.1 Å². The minimum absolute atomic E-state index is 0.188. The van der Waals surface area contributed by atoms with Crippen molar-refractivity contribution >= 4 is 18.3 Å². The molecule has 0 saturated heterocycles. The Kier molecular flexibility index (Phi) is 2.92. The smallest absolute Gasteiger partial charge is 0.267 e. The second-order valence-electron chi connectivity index (χ2n) is 2.31. The van der Waals surface area contributed by atoms with E-state index in [0.29, 0.717) is 12.0 Å². The fraction of sp³-hybridized carbons (Fsp3) is 0. The number of amides is 1. The summed E-state index contributed by atoms with van der Waals surface area (Å²) in [6.07, 6.45) is 3.44. The number of carbonyl (C=O) groups is 2. The summed E-state index contributed by atoms with van der Waals surface area (Å²) >= 11 is 0. The molecule has 0 aliphatic rings. The van der Waals surface area contributed by atoms with Gasteiger partial charge in [-0.1, -0.05) is 6.07 Å². The molecule has 2 N–H and O–H groups in total. The summed E-state index contributed by atoms with van der Waals surface area (Å²) in [4.78, 5) is 24.6. The summed E-state index contributed by atoms with van der Waals surface area (Å²) in [6.45, 7) is 0. The number of allylic oxidation sites excluding steroid dienone is 1. The van der Waals surface area contributed by atoms with Crippen molar-refractivity contribution in [1.82, 2.24) is 4.98 Å². The summed E-state index contributed by atoms with van der Waals surface area (Å²) in [5, 5.41) is 0. The van der Waals surface area contributed by atoms with E-state index in [1.165, 1.54) is 18.2 Å². The van der Waals surface area contributed by atoms with E-state index in [9.17, 15) is 9.59 Å². The molecule has 0 radical (unpaired) electrons. The summed E-state index contributed by atoms with van der Waals surface area (Å²) in [5.74, 6) is -0.582. The Morgan fingerprint density at radius 1 is 1.46 bits per heavy atom. The van der Waals surface area contributed by atoms with Gasteiger partial charge in [0.05, 0.1) is 5.69 Å². The van der Waals surface area contributed by atoms with Gasteiger partial charge in [-0.25, -0.2) is 4.98 Å². The SMILES string of the molecule is NC(=O)c1cccc(C=CC=O)n1. The van der Waals surface area contributed by atoms with E-state index in [2.05, 4.69) is 4.98 Å². The highest BCUT2D eigenvalue weighted by atomic mass is 16.1. The lowest BCUT2D eigenvalue weighted by molar-refractivity contribution is -0.104. The maximum atomic E-state index is 10.7. The van der Waals surface area contributed by atoms with Crippen LogP contribution in [-0.2, 0) is 4.79 Å². The maximum Gasteiger partial charge on any atom is 0.267 e. The first-order valence-corrected chi connectivity index (χ1v) is 3.63. The molecule has 0 aliphatic carbocycles. The predicted octanol–water partition coefficient (Wildman–Crippen LogP) is 0.393. The molecule has 0 unspecified atom stereocenters. The van der Waals surface area contributed by atoms with Crippen LogP contribution in [0.25, 0.3) is 6.08 Å². The molecular weight excluding hydrogens is 168 g/mol. The topological polar surface area (TPSA) is 73.1 Å². The van der Waals surface area contributed by atoms with Crippen LogP contribution in [0.2, 0.25) is 0 Å². The second kappa shape index (κ2) is 4.15. The van der Waals surface area contributed by atoms with E-state index in [-0.39, 0.29) is 5.69 Å². The third kappa shape index (κ3) is 2.52. The van der Waals surface area contributed by atoms with Crippen LogP contribution in [-0.4, -0.2) is 17.2 Å². The lowest BCUT2D eigenvalue weighted by atomic mass is 10.3. The molecule has 0 atom stereocenters. The van der Waals surface area contributed by atoms with Gasteiger partial charge in [0.25, 0.3) is 5.91 Å². The highest BCUT2D eigenvalue weighted by Crippen LogP contribution is 2.00. The normalized spacial score (nSPS) is 10.2. The van der Waals surface area contributed by atoms with Crippen molar-refractivity contribution in [2.75, 3.05) is 0 Å². The van der Waals surface area contributed by atoms with Crippen LogP contribution in [0.4, 0.5) is 0 Å². The summed E-state index contributed by atoms with van der Waals surface area (Å²) < 4.78 is 0. The highest BCUT2D eigenvalue weighted by Gasteiger charge is 2.00. The van der Waals surface area contributed by atoms with Crippen molar-refractivity contribution in [3.8, 4) is 0 Å². The Morgan fingerprint density at radius 2 is 2.23 bits per heavy atom. The van der Waals surface area contributed by atoms with Crippen LogP contribution in [0, 0.1) is 0 Å². The van der Waals surface area contributed by atoms with Crippen LogP contribution in [0.3, 0.4) is 0 Å².